The number of aliphatic carboxylic acids is 1. The van der Waals surface area contributed by atoms with Crippen LogP contribution in [0.4, 0.5) is 0 Å². The van der Waals surface area contributed by atoms with E-state index in [-0.39, 0.29) is 12.0 Å². The molecule has 5 nitrogen and oxygen atoms in total. The third-order valence-corrected chi connectivity index (χ3v) is 4.43. The van der Waals surface area contributed by atoms with Gasteiger partial charge in [0.15, 0.2) is 0 Å². The molecule has 1 saturated heterocycles. The lowest BCUT2D eigenvalue weighted by molar-refractivity contribution is -0.143. The molecule has 1 unspecified atom stereocenters. The van der Waals surface area contributed by atoms with Gasteiger partial charge in [-0.15, -0.1) is 0 Å². The second-order valence-electron chi connectivity index (χ2n) is 6.04. The molecule has 1 atom stereocenters. The van der Waals surface area contributed by atoms with E-state index in [0.717, 1.165) is 30.0 Å². The van der Waals surface area contributed by atoms with Gasteiger partial charge in [-0.1, -0.05) is 12.1 Å². The summed E-state index contributed by atoms with van der Waals surface area (Å²) >= 11 is 0. The van der Waals surface area contributed by atoms with Crippen LogP contribution in [0.3, 0.4) is 0 Å². The van der Waals surface area contributed by atoms with Crippen LogP contribution in [0.5, 0.6) is 0 Å². The average Bonchev–Trinajstić information content (AvgIpc) is 2.57. The number of aromatic nitrogens is 2. The van der Waals surface area contributed by atoms with Crippen LogP contribution >= 0.6 is 0 Å². The van der Waals surface area contributed by atoms with E-state index in [9.17, 15) is 9.90 Å². The maximum atomic E-state index is 11.2. The van der Waals surface area contributed by atoms with Gasteiger partial charge >= 0.3 is 5.97 Å². The van der Waals surface area contributed by atoms with E-state index >= 15 is 0 Å². The first kappa shape index (κ1) is 15.6. The van der Waals surface area contributed by atoms with Crippen molar-refractivity contribution in [2.45, 2.75) is 25.8 Å². The molecule has 0 amide bonds. The SMILES string of the molecule is Cc1cccc(C(c2cccnc2)N2CCC(C(=O)O)CC2)n1. The van der Waals surface area contributed by atoms with E-state index in [2.05, 4.69) is 16.0 Å². The van der Waals surface area contributed by atoms with Crippen LogP contribution in [-0.4, -0.2) is 39.0 Å². The number of carboxylic acids is 1. The van der Waals surface area contributed by atoms with Gasteiger partial charge in [-0.2, -0.15) is 0 Å². The second kappa shape index (κ2) is 6.87. The van der Waals surface area contributed by atoms with Crippen LogP contribution in [0.2, 0.25) is 0 Å². The monoisotopic (exact) mass is 311 g/mol. The van der Waals surface area contributed by atoms with Gasteiger partial charge < -0.3 is 5.11 Å². The molecule has 0 aliphatic carbocycles. The van der Waals surface area contributed by atoms with Gasteiger partial charge in [0.05, 0.1) is 17.7 Å². The Bertz CT molecular complexity index is 667. The van der Waals surface area contributed by atoms with Gasteiger partial charge in [0, 0.05) is 18.1 Å². The van der Waals surface area contributed by atoms with Crippen molar-refractivity contribution in [1.29, 1.82) is 0 Å². The van der Waals surface area contributed by atoms with Crippen molar-refractivity contribution in [2.75, 3.05) is 13.1 Å². The first-order valence-electron chi connectivity index (χ1n) is 7.95. The predicted octanol–water partition coefficient (Wildman–Crippen LogP) is 2.67. The molecule has 2 aromatic rings. The summed E-state index contributed by atoms with van der Waals surface area (Å²) < 4.78 is 0. The largest absolute Gasteiger partial charge is 0.481 e. The number of rotatable bonds is 4. The highest BCUT2D eigenvalue weighted by Gasteiger charge is 2.30. The fourth-order valence-corrected chi connectivity index (χ4v) is 3.23. The summed E-state index contributed by atoms with van der Waals surface area (Å²) in [7, 11) is 0. The summed E-state index contributed by atoms with van der Waals surface area (Å²) in [5, 5.41) is 9.19. The van der Waals surface area contributed by atoms with Crippen LogP contribution in [0.1, 0.15) is 35.8 Å². The van der Waals surface area contributed by atoms with E-state index in [1.54, 1.807) is 6.20 Å². The van der Waals surface area contributed by atoms with Crippen LogP contribution < -0.4 is 0 Å². The number of nitrogens with zero attached hydrogens (tertiary/aromatic N) is 3. The number of likely N-dealkylation sites (tertiary alicyclic amines) is 1. The van der Waals surface area contributed by atoms with Gasteiger partial charge in [0.2, 0.25) is 0 Å². The molecule has 1 aliphatic heterocycles. The maximum absolute atomic E-state index is 11.2. The molecule has 3 heterocycles. The third-order valence-electron chi connectivity index (χ3n) is 4.43. The summed E-state index contributed by atoms with van der Waals surface area (Å²) in [6.07, 6.45) is 4.99. The molecule has 120 valence electrons. The van der Waals surface area contributed by atoms with Crippen molar-refractivity contribution in [3.8, 4) is 0 Å². The molecule has 5 heteroatoms. The Hall–Kier alpha value is -2.27. The predicted molar refractivity (Wildman–Crippen MR) is 87.0 cm³/mol. The zero-order chi connectivity index (χ0) is 16.2. The molecule has 0 spiro atoms. The van der Waals surface area contributed by atoms with Crippen LogP contribution in [0, 0.1) is 12.8 Å². The standard InChI is InChI=1S/C18H21N3O2/c1-13-4-2-6-16(20-13)17(15-5-3-9-19-12-15)21-10-7-14(8-11-21)18(22)23/h2-6,9,12,14,17H,7-8,10-11H2,1H3,(H,22,23). The van der Waals surface area contributed by atoms with Gasteiger partial charge in [-0.25, -0.2) is 0 Å². The average molecular weight is 311 g/mol. The fourth-order valence-electron chi connectivity index (χ4n) is 3.23. The highest BCUT2D eigenvalue weighted by molar-refractivity contribution is 5.70. The molecule has 1 fully saturated rings. The summed E-state index contributed by atoms with van der Waals surface area (Å²) in [4.78, 5) is 22.4. The lowest BCUT2D eigenvalue weighted by Crippen LogP contribution is -2.39. The van der Waals surface area contributed by atoms with Crippen molar-refractivity contribution >= 4 is 5.97 Å². The van der Waals surface area contributed by atoms with Crippen molar-refractivity contribution in [2.24, 2.45) is 5.92 Å². The molecule has 0 radical (unpaired) electrons. The minimum absolute atomic E-state index is 0.0262. The number of carboxylic acid groups (broad SMARTS) is 1. The number of aryl methyl sites for hydroxylation is 1. The summed E-state index contributed by atoms with van der Waals surface area (Å²) in [5.41, 5.74) is 3.07. The number of pyridine rings is 2. The molecule has 1 aliphatic rings. The summed E-state index contributed by atoms with van der Waals surface area (Å²) in [6, 6.07) is 10.1. The van der Waals surface area contributed by atoms with Gasteiger partial charge in [-0.3, -0.25) is 19.7 Å². The molecule has 0 saturated carbocycles. The Morgan fingerprint density at radius 1 is 1.26 bits per heavy atom. The highest BCUT2D eigenvalue weighted by Crippen LogP contribution is 2.31. The van der Waals surface area contributed by atoms with E-state index < -0.39 is 5.97 Å². The fraction of sp³-hybridized carbons (Fsp3) is 0.389. The van der Waals surface area contributed by atoms with Crippen molar-refractivity contribution in [3.05, 3.63) is 59.7 Å². The van der Waals surface area contributed by atoms with Crippen molar-refractivity contribution in [1.82, 2.24) is 14.9 Å². The zero-order valence-corrected chi connectivity index (χ0v) is 13.2. The normalized spacial score (nSPS) is 17.8. The lowest BCUT2D eigenvalue weighted by atomic mass is 9.93. The molecule has 0 aromatic carbocycles. The Morgan fingerprint density at radius 3 is 2.65 bits per heavy atom. The minimum Gasteiger partial charge on any atom is -0.481 e. The molecule has 3 rings (SSSR count). The minimum atomic E-state index is -0.684. The maximum Gasteiger partial charge on any atom is 0.306 e. The number of hydrogen-bond acceptors (Lipinski definition) is 4. The van der Waals surface area contributed by atoms with Crippen molar-refractivity contribution < 1.29 is 9.90 Å². The Morgan fingerprint density at radius 2 is 2.04 bits per heavy atom. The Labute approximate surface area is 136 Å². The molecular weight excluding hydrogens is 290 g/mol. The van der Waals surface area contributed by atoms with Crippen LogP contribution in [0.25, 0.3) is 0 Å². The van der Waals surface area contributed by atoms with Gasteiger partial charge in [-0.05, 0) is 56.6 Å². The smallest absolute Gasteiger partial charge is 0.306 e. The number of hydrogen-bond donors (Lipinski definition) is 1. The van der Waals surface area contributed by atoms with Gasteiger partial charge in [0.25, 0.3) is 0 Å². The second-order valence-corrected chi connectivity index (χ2v) is 6.04. The van der Waals surface area contributed by atoms with Crippen LogP contribution in [-0.2, 0) is 4.79 Å². The highest BCUT2D eigenvalue weighted by atomic mass is 16.4. The lowest BCUT2D eigenvalue weighted by Gasteiger charge is -2.36. The molecule has 1 N–H and O–H groups in total. The number of piperidine rings is 1. The molecule has 0 bridgehead atoms. The zero-order valence-electron chi connectivity index (χ0n) is 13.2. The first-order valence-corrected chi connectivity index (χ1v) is 7.95. The van der Waals surface area contributed by atoms with Gasteiger partial charge in [0.1, 0.15) is 0 Å². The van der Waals surface area contributed by atoms with E-state index in [4.69, 9.17) is 4.98 Å². The summed E-state index contributed by atoms with van der Waals surface area (Å²) in [5.74, 6) is -0.914. The Kier molecular flexibility index (Phi) is 4.67. The molecular formula is C18H21N3O2. The first-order chi connectivity index (χ1) is 11.1. The van der Waals surface area contributed by atoms with E-state index in [1.165, 1.54) is 0 Å². The van der Waals surface area contributed by atoms with E-state index in [0.29, 0.717) is 12.8 Å². The third kappa shape index (κ3) is 3.56. The Balaban J connectivity index is 1.89. The van der Waals surface area contributed by atoms with Crippen LogP contribution in [0.15, 0.2) is 42.7 Å². The van der Waals surface area contributed by atoms with E-state index in [1.807, 2.05) is 37.4 Å². The topological polar surface area (TPSA) is 66.3 Å². The number of carbonyl (C=O) groups is 1. The molecule has 23 heavy (non-hydrogen) atoms. The molecule has 2 aromatic heterocycles. The van der Waals surface area contributed by atoms with Crippen molar-refractivity contribution in [3.63, 3.8) is 0 Å². The quantitative estimate of drug-likeness (QED) is 0.940. The summed E-state index contributed by atoms with van der Waals surface area (Å²) in [6.45, 7) is 3.50.